The summed E-state index contributed by atoms with van der Waals surface area (Å²) in [5.41, 5.74) is 2.56. The van der Waals surface area contributed by atoms with Crippen LogP contribution in [0, 0.1) is 6.92 Å². The molecule has 2 aromatic carbocycles. The van der Waals surface area contributed by atoms with E-state index in [2.05, 4.69) is 0 Å². The normalized spacial score (nSPS) is 11.9. The summed E-state index contributed by atoms with van der Waals surface area (Å²) < 4.78 is 0. The fourth-order valence-electron chi connectivity index (χ4n) is 2.39. The predicted octanol–water partition coefficient (Wildman–Crippen LogP) is 3.35. The van der Waals surface area contributed by atoms with Crippen LogP contribution in [-0.2, 0) is 4.79 Å². The third kappa shape index (κ3) is 3.54. The number of hydrogen-bond donors (Lipinski definition) is 2. The monoisotopic (exact) mass is 285 g/mol. The van der Waals surface area contributed by atoms with Crippen LogP contribution >= 0.6 is 0 Å². The molecule has 0 heterocycles. The van der Waals surface area contributed by atoms with Crippen LogP contribution in [0.1, 0.15) is 24.1 Å². The minimum atomic E-state index is -0.905. The largest absolute Gasteiger partial charge is 0.508 e. The van der Waals surface area contributed by atoms with E-state index in [-0.39, 0.29) is 18.3 Å². The maximum atomic E-state index is 11.2. The lowest BCUT2D eigenvalue weighted by atomic mass is 10.0. The molecule has 0 spiro atoms. The zero-order valence-electron chi connectivity index (χ0n) is 12.2. The Hall–Kier alpha value is -2.49. The van der Waals surface area contributed by atoms with Crippen LogP contribution in [0.15, 0.2) is 48.5 Å². The number of aromatic hydroxyl groups is 1. The van der Waals surface area contributed by atoms with E-state index in [0.717, 1.165) is 16.8 Å². The van der Waals surface area contributed by atoms with Crippen LogP contribution in [0.25, 0.3) is 0 Å². The molecule has 0 aliphatic heterocycles. The summed E-state index contributed by atoms with van der Waals surface area (Å²) in [6.07, 6.45) is 0. The van der Waals surface area contributed by atoms with Crippen molar-refractivity contribution in [1.29, 1.82) is 0 Å². The lowest BCUT2D eigenvalue weighted by Gasteiger charge is -2.30. The number of aliphatic carboxylic acids is 1. The topological polar surface area (TPSA) is 60.8 Å². The van der Waals surface area contributed by atoms with Crippen molar-refractivity contribution in [2.75, 3.05) is 11.4 Å². The lowest BCUT2D eigenvalue weighted by molar-refractivity contribution is -0.135. The lowest BCUT2D eigenvalue weighted by Crippen LogP contribution is -2.32. The maximum absolute atomic E-state index is 11.2. The van der Waals surface area contributed by atoms with Crippen molar-refractivity contribution in [3.63, 3.8) is 0 Å². The summed E-state index contributed by atoms with van der Waals surface area (Å²) >= 11 is 0. The number of carbonyl (C=O) groups is 1. The molecule has 0 radical (unpaired) electrons. The average molecular weight is 285 g/mol. The van der Waals surface area contributed by atoms with E-state index in [1.54, 1.807) is 11.0 Å². The third-order valence-electron chi connectivity index (χ3n) is 3.49. The molecule has 0 bridgehead atoms. The van der Waals surface area contributed by atoms with Gasteiger partial charge >= 0.3 is 5.97 Å². The highest BCUT2D eigenvalue weighted by Gasteiger charge is 2.21. The van der Waals surface area contributed by atoms with Crippen molar-refractivity contribution in [2.24, 2.45) is 0 Å². The highest BCUT2D eigenvalue weighted by atomic mass is 16.4. The second-order valence-electron chi connectivity index (χ2n) is 5.10. The standard InChI is InChI=1S/C17H19NO3/c1-12-8-9-16(19)15(10-12)13(2)18(11-17(20)21)14-6-4-3-5-7-14/h3-10,13,19H,11H2,1-2H3,(H,20,21). The Balaban J connectivity index is 2.40. The van der Waals surface area contributed by atoms with Gasteiger partial charge in [-0.3, -0.25) is 4.79 Å². The molecular formula is C17H19NO3. The van der Waals surface area contributed by atoms with Crippen LogP contribution in [0.4, 0.5) is 5.69 Å². The SMILES string of the molecule is Cc1ccc(O)c(C(C)N(CC(=O)O)c2ccccc2)c1. The van der Waals surface area contributed by atoms with Crippen molar-refractivity contribution in [3.8, 4) is 5.75 Å². The van der Waals surface area contributed by atoms with Gasteiger partial charge in [0.25, 0.3) is 0 Å². The van der Waals surface area contributed by atoms with E-state index in [0.29, 0.717) is 0 Å². The number of aryl methyl sites for hydroxylation is 1. The van der Waals surface area contributed by atoms with Crippen LogP contribution < -0.4 is 4.90 Å². The van der Waals surface area contributed by atoms with E-state index in [4.69, 9.17) is 5.11 Å². The first-order chi connectivity index (χ1) is 9.99. The van der Waals surface area contributed by atoms with Crippen LogP contribution in [0.2, 0.25) is 0 Å². The van der Waals surface area contributed by atoms with E-state index in [1.165, 1.54) is 0 Å². The number of carboxylic acids is 1. The Morgan fingerprint density at radius 1 is 1.19 bits per heavy atom. The van der Waals surface area contributed by atoms with E-state index < -0.39 is 5.97 Å². The molecule has 0 aliphatic carbocycles. The molecule has 1 atom stereocenters. The summed E-state index contributed by atoms with van der Waals surface area (Å²) in [6.45, 7) is 3.71. The zero-order chi connectivity index (χ0) is 15.4. The molecule has 1 unspecified atom stereocenters. The Morgan fingerprint density at radius 2 is 1.86 bits per heavy atom. The van der Waals surface area contributed by atoms with Gasteiger partial charge in [0.15, 0.2) is 0 Å². The molecule has 0 amide bonds. The van der Waals surface area contributed by atoms with Crippen molar-refractivity contribution in [1.82, 2.24) is 0 Å². The molecule has 110 valence electrons. The summed E-state index contributed by atoms with van der Waals surface area (Å²) in [6, 6.07) is 14.5. The number of rotatable bonds is 5. The molecule has 21 heavy (non-hydrogen) atoms. The molecule has 0 fully saturated rings. The summed E-state index contributed by atoms with van der Waals surface area (Å²) in [4.78, 5) is 12.9. The van der Waals surface area contributed by atoms with Gasteiger partial charge in [-0.15, -0.1) is 0 Å². The molecular weight excluding hydrogens is 266 g/mol. The number of para-hydroxylation sites is 1. The number of benzene rings is 2. The fourth-order valence-corrected chi connectivity index (χ4v) is 2.39. The second-order valence-corrected chi connectivity index (χ2v) is 5.10. The van der Waals surface area contributed by atoms with Gasteiger partial charge in [0, 0.05) is 11.3 Å². The summed E-state index contributed by atoms with van der Waals surface area (Å²) in [7, 11) is 0. The molecule has 4 nitrogen and oxygen atoms in total. The van der Waals surface area contributed by atoms with E-state index in [9.17, 15) is 9.90 Å². The Kier molecular flexibility index (Phi) is 4.48. The van der Waals surface area contributed by atoms with Gasteiger partial charge in [-0.1, -0.05) is 35.9 Å². The number of hydrogen-bond acceptors (Lipinski definition) is 3. The van der Waals surface area contributed by atoms with E-state index in [1.807, 2.05) is 56.3 Å². The fraction of sp³-hybridized carbons (Fsp3) is 0.235. The number of anilines is 1. The highest BCUT2D eigenvalue weighted by Crippen LogP contribution is 2.32. The van der Waals surface area contributed by atoms with Gasteiger partial charge in [0.1, 0.15) is 12.3 Å². The average Bonchev–Trinajstić information content (AvgIpc) is 2.47. The van der Waals surface area contributed by atoms with Crippen molar-refractivity contribution in [2.45, 2.75) is 19.9 Å². The highest BCUT2D eigenvalue weighted by molar-refractivity contribution is 5.74. The van der Waals surface area contributed by atoms with Crippen molar-refractivity contribution >= 4 is 11.7 Å². The Labute approximate surface area is 124 Å². The first kappa shape index (κ1) is 14.9. The predicted molar refractivity (Wildman–Crippen MR) is 82.7 cm³/mol. The minimum Gasteiger partial charge on any atom is -0.508 e. The smallest absolute Gasteiger partial charge is 0.323 e. The van der Waals surface area contributed by atoms with Crippen molar-refractivity contribution < 1.29 is 15.0 Å². The van der Waals surface area contributed by atoms with Gasteiger partial charge in [0.2, 0.25) is 0 Å². The van der Waals surface area contributed by atoms with Crippen LogP contribution in [0.5, 0.6) is 5.75 Å². The molecule has 0 saturated carbocycles. The Bertz CT molecular complexity index is 625. The van der Waals surface area contributed by atoms with Crippen LogP contribution in [0.3, 0.4) is 0 Å². The molecule has 2 rings (SSSR count). The van der Waals surface area contributed by atoms with Gasteiger partial charge < -0.3 is 15.1 Å². The maximum Gasteiger partial charge on any atom is 0.323 e. The van der Waals surface area contributed by atoms with Gasteiger partial charge in [0.05, 0.1) is 6.04 Å². The molecule has 4 heteroatoms. The molecule has 0 aliphatic rings. The number of phenols is 1. The molecule has 0 saturated heterocycles. The molecule has 2 N–H and O–H groups in total. The first-order valence-electron chi connectivity index (χ1n) is 6.82. The van der Waals surface area contributed by atoms with Crippen molar-refractivity contribution in [3.05, 3.63) is 59.7 Å². The Morgan fingerprint density at radius 3 is 2.48 bits per heavy atom. The van der Waals surface area contributed by atoms with E-state index >= 15 is 0 Å². The quantitative estimate of drug-likeness (QED) is 0.884. The first-order valence-corrected chi connectivity index (χ1v) is 6.82. The second kappa shape index (κ2) is 6.31. The van der Waals surface area contributed by atoms with Gasteiger partial charge in [-0.25, -0.2) is 0 Å². The minimum absolute atomic E-state index is 0.126. The number of nitrogens with zero attached hydrogens (tertiary/aromatic N) is 1. The van der Waals surface area contributed by atoms with Gasteiger partial charge in [-0.2, -0.15) is 0 Å². The van der Waals surface area contributed by atoms with Gasteiger partial charge in [-0.05, 0) is 32.0 Å². The number of carboxylic acid groups (broad SMARTS) is 1. The molecule has 2 aromatic rings. The third-order valence-corrected chi connectivity index (χ3v) is 3.49. The van der Waals surface area contributed by atoms with Crippen LogP contribution in [-0.4, -0.2) is 22.7 Å². The number of phenolic OH excluding ortho intramolecular Hbond substituents is 1. The molecule has 0 aromatic heterocycles. The summed E-state index contributed by atoms with van der Waals surface area (Å²) in [5.74, 6) is -0.725. The zero-order valence-corrected chi connectivity index (χ0v) is 12.2. The summed E-state index contributed by atoms with van der Waals surface area (Å²) in [5, 5.41) is 19.2.